The molecule has 3 heteroatoms. The van der Waals surface area contributed by atoms with Crippen LogP contribution >= 0.6 is 0 Å². The summed E-state index contributed by atoms with van der Waals surface area (Å²) in [6.45, 7) is 3.95. The van der Waals surface area contributed by atoms with Crippen LogP contribution in [0.3, 0.4) is 0 Å². The van der Waals surface area contributed by atoms with Gasteiger partial charge < -0.3 is 10.6 Å². The number of aromatic nitrogens is 1. The van der Waals surface area contributed by atoms with Crippen molar-refractivity contribution in [2.45, 2.75) is 19.5 Å². The molecule has 0 aliphatic heterocycles. The summed E-state index contributed by atoms with van der Waals surface area (Å²) in [7, 11) is 1.97. The summed E-state index contributed by atoms with van der Waals surface area (Å²) in [5.41, 5.74) is 1.09. The first-order chi connectivity index (χ1) is 6.33. The highest BCUT2D eigenvalue weighted by molar-refractivity contribution is 5.02. The summed E-state index contributed by atoms with van der Waals surface area (Å²) in [6, 6.07) is 6.46. The highest BCUT2D eigenvalue weighted by Crippen LogP contribution is 1.91. The number of hydrogen-bond donors (Lipinski definition) is 2. The smallest absolute Gasteiger partial charge is 0.0541 e. The van der Waals surface area contributed by atoms with Crippen molar-refractivity contribution in [2.24, 2.45) is 0 Å². The van der Waals surface area contributed by atoms with Crippen LogP contribution in [0.4, 0.5) is 0 Å². The molecule has 72 valence electrons. The Labute approximate surface area is 79.6 Å². The summed E-state index contributed by atoms with van der Waals surface area (Å²) >= 11 is 0. The number of nitrogens with zero attached hydrogens (tertiary/aromatic N) is 1. The lowest BCUT2D eigenvalue weighted by Gasteiger charge is -2.10. The topological polar surface area (TPSA) is 37.0 Å². The minimum atomic E-state index is 0.503. The molecule has 1 heterocycles. The molecule has 0 fully saturated rings. The number of hydrogen-bond acceptors (Lipinski definition) is 3. The van der Waals surface area contributed by atoms with Crippen LogP contribution in [0.15, 0.2) is 24.4 Å². The molecule has 1 aromatic heterocycles. The Morgan fingerprint density at radius 3 is 2.92 bits per heavy atom. The van der Waals surface area contributed by atoms with Gasteiger partial charge in [-0.25, -0.2) is 0 Å². The van der Waals surface area contributed by atoms with Crippen molar-refractivity contribution in [1.82, 2.24) is 15.6 Å². The molecule has 0 radical (unpaired) electrons. The molecule has 0 saturated heterocycles. The van der Waals surface area contributed by atoms with Crippen LogP contribution in [-0.4, -0.2) is 24.6 Å². The molecule has 1 aromatic rings. The molecule has 1 rings (SSSR count). The van der Waals surface area contributed by atoms with Crippen LogP contribution in [0.2, 0.25) is 0 Å². The minimum Gasteiger partial charge on any atom is -0.316 e. The third-order valence-corrected chi connectivity index (χ3v) is 1.98. The van der Waals surface area contributed by atoms with Gasteiger partial charge in [0.2, 0.25) is 0 Å². The van der Waals surface area contributed by atoms with Crippen molar-refractivity contribution in [3.8, 4) is 0 Å². The third kappa shape index (κ3) is 4.01. The lowest BCUT2D eigenvalue weighted by Crippen LogP contribution is -2.33. The average molecular weight is 179 g/mol. The summed E-state index contributed by atoms with van der Waals surface area (Å²) < 4.78 is 0. The molecular weight excluding hydrogens is 162 g/mol. The maximum atomic E-state index is 4.22. The van der Waals surface area contributed by atoms with Crippen LogP contribution in [0.1, 0.15) is 12.6 Å². The van der Waals surface area contributed by atoms with E-state index in [-0.39, 0.29) is 0 Å². The first-order valence-electron chi connectivity index (χ1n) is 4.61. The standard InChI is InChI=1S/C10H17N3/c1-9(11-2)7-12-8-10-5-3-4-6-13-10/h3-6,9,11-12H,7-8H2,1-2H3. The van der Waals surface area contributed by atoms with Gasteiger partial charge in [0.1, 0.15) is 0 Å². The van der Waals surface area contributed by atoms with Crippen molar-refractivity contribution < 1.29 is 0 Å². The van der Waals surface area contributed by atoms with E-state index in [4.69, 9.17) is 0 Å². The van der Waals surface area contributed by atoms with E-state index in [1.165, 1.54) is 0 Å². The zero-order valence-electron chi connectivity index (χ0n) is 8.25. The van der Waals surface area contributed by atoms with Gasteiger partial charge in [0.05, 0.1) is 5.69 Å². The molecule has 0 amide bonds. The Hall–Kier alpha value is -0.930. The van der Waals surface area contributed by atoms with E-state index in [2.05, 4.69) is 22.5 Å². The number of nitrogens with one attached hydrogen (secondary N) is 2. The van der Waals surface area contributed by atoms with Crippen LogP contribution in [0.5, 0.6) is 0 Å². The predicted octanol–water partition coefficient (Wildman–Crippen LogP) is 0.779. The summed E-state index contributed by atoms with van der Waals surface area (Å²) in [6.07, 6.45) is 1.82. The molecule has 0 saturated carbocycles. The van der Waals surface area contributed by atoms with Crippen LogP contribution < -0.4 is 10.6 Å². The molecular formula is C10H17N3. The Bertz CT molecular complexity index is 223. The monoisotopic (exact) mass is 179 g/mol. The molecule has 0 bridgehead atoms. The van der Waals surface area contributed by atoms with Gasteiger partial charge in [0.15, 0.2) is 0 Å². The predicted molar refractivity (Wildman–Crippen MR) is 54.5 cm³/mol. The van der Waals surface area contributed by atoms with Gasteiger partial charge in [-0.05, 0) is 26.1 Å². The van der Waals surface area contributed by atoms with Crippen LogP contribution in [0, 0.1) is 0 Å². The first-order valence-corrected chi connectivity index (χ1v) is 4.61. The summed E-state index contributed by atoms with van der Waals surface area (Å²) in [5, 5.41) is 6.50. The van der Waals surface area contributed by atoms with Crippen LogP contribution in [-0.2, 0) is 6.54 Å². The van der Waals surface area contributed by atoms with Crippen molar-refractivity contribution in [1.29, 1.82) is 0 Å². The van der Waals surface area contributed by atoms with E-state index in [0.29, 0.717) is 6.04 Å². The summed E-state index contributed by atoms with van der Waals surface area (Å²) in [5.74, 6) is 0. The van der Waals surface area contributed by atoms with E-state index in [0.717, 1.165) is 18.8 Å². The van der Waals surface area contributed by atoms with Gasteiger partial charge in [-0.15, -0.1) is 0 Å². The number of pyridine rings is 1. The number of likely N-dealkylation sites (N-methyl/N-ethyl adjacent to an activating group) is 1. The van der Waals surface area contributed by atoms with Crippen molar-refractivity contribution in [3.63, 3.8) is 0 Å². The molecule has 0 aromatic carbocycles. The van der Waals surface area contributed by atoms with E-state index >= 15 is 0 Å². The molecule has 0 aliphatic rings. The van der Waals surface area contributed by atoms with Crippen molar-refractivity contribution >= 4 is 0 Å². The fourth-order valence-electron chi connectivity index (χ4n) is 1.02. The van der Waals surface area contributed by atoms with Gasteiger partial charge in [0, 0.05) is 25.3 Å². The first kappa shape index (κ1) is 10.2. The van der Waals surface area contributed by atoms with Gasteiger partial charge in [0.25, 0.3) is 0 Å². The van der Waals surface area contributed by atoms with E-state index in [9.17, 15) is 0 Å². The normalized spacial score (nSPS) is 12.8. The quantitative estimate of drug-likeness (QED) is 0.701. The molecule has 2 N–H and O–H groups in total. The van der Waals surface area contributed by atoms with Gasteiger partial charge in [-0.3, -0.25) is 4.98 Å². The molecule has 1 atom stereocenters. The van der Waals surface area contributed by atoms with E-state index in [1.54, 1.807) is 0 Å². The zero-order valence-corrected chi connectivity index (χ0v) is 8.25. The molecule has 1 unspecified atom stereocenters. The second-order valence-corrected chi connectivity index (χ2v) is 3.14. The van der Waals surface area contributed by atoms with Crippen LogP contribution in [0.25, 0.3) is 0 Å². The SMILES string of the molecule is CNC(C)CNCc1ccccn1. The summed E-state index contributed by atoms with van der Waals surface area (Å²) in [4.78, 5) is 4.22. The van der Waals surface area contributed by atoms with Gasteiger partial charge in [-0.1, -0.05) is 6.07 Å². The lowest BCUT2D eigenvalue weighted by molar-refractivity contribution is 0.537. The maximum Gasteiger partial charge on any atom is 0.0541 e. The highest BCUT2D eigenvalue weighted by Gasteiger charge is 1.96. The highest BCUT2D eigenvalue weighted by atomic mass is 15.0. The van der Waals surface area contributed by atoms with Crippen molar-refractivity contribution in [3.05, 3.63) is 30.1 Å². The Balaban J connectivity index is 2.20. The molecule has 13 heavy (non-hydrogen) atoms. The Morgan fingerprint density at radius 1 is 1.46 bits per heavy atom. The van der Waals surface area contributed by atoms with Crippen molar-refractivity contribution in [2.75, 3.05) is 13.6 Å². The maximum absolute atomic E-state index is 4.22. The van der Waals surface area contributed by atoms with Gasteiger partial charge >= 0.3 is 0 Å². The fraction of sp³-hybridized carbons (Fsp3) is 0.500. The number of rotatable bonds is 5. The van der Waals surface area contributed by atoms with E-state index < -0.39 is 0 Å². The second kappa shape index (κ2) is 5.67. The van der Waals surface area contributed by atoms with Gasteiger partial charge in [-0.2, -0.15) is 0 Å². The van der Waals surface area contributed by atoms with E-state index in [1.807, 2.05) is 31.4 Å². The third-order valence-electron chi connectivity index (χ3n) is 1.98. The molecule has 0 aliphatic carbocycles. The largest absolute Gasteiger partial charge is 0.316 e. The molecule has 3 nitrogen and oxygen atoms in total. The minimum absolute atomic E-state index is 0.503. The molecule has 0 spiro atoms. The lowest BCUT2D eigenvalue weighted by atomic mass is 10.3. The second-order valence-electron chi connectivity index (χ2n) is 3.14. The Morgan fingerprint density at radius 2 is 2.31 bits per heavy atom. The zero-order chi connectivity index (χ0) is 9.52. The average Bonchev–Trinajstić information content (AvgIpc) is 2.19. The Kier molecular flexibility index (Phi) is 4.43. The fourth-order valence-corrected chi connectivity index (χ4v) is 1.02.